The third-order valence-electron chi connectivity index (χ3n) is 3.48. The van der Waals surface area contributed by atoms with Crippen LogP contribution >= 0.6 is 15.9 Å². The Kier molecular flexibility index (Phi) is 6.07. The monoisotopic (exact) mass is 398 g/mol. The topological polar surface area (TPSA) is 108 Å². The SMILES string of the molecule is Cc1nn(CCCNC(=O)CCn2nc([N+](=O)[O-])cc2C)cc1Br. The zero-order valence-corrected chi connectivity index (χ0v) is 15.1. The van der Waals surface area contributed by atoms with Crippen molar-refractivity contribution in [1.82, 2.24) is 24.9 Å². The lowest BCUT2D eigenvalue weighted by atomic mass is 10.3. The Labute approximate surface area is 147 Å². The van der Waals surface area contributed by atoms with Gasteiger partial charge in [0.15, 0.2) is 0 Å². The highest BCUT2D eigenvalue weighted by molar-refractivity contribution is 9.10. The molecule has 2 heterocycles. The standard InChI is InChI=1S/C14H19BrN6O3/c1-10-8-13(21(23)24)18-20(10)7-4-14(22)16-5-3-6-19-9-12(15)11(2)17-19/h8-9H,3-7H2,1-2H3,(H,16,22). The first-order valence-corrected chi connectivity index (χ1v) is 8.31. The van der Waals surface area contributed by atoms with E-state index in [4.69, 9.17) is 0 Å². The van der Waals surface area contributed by atoms with Gasteiger partial charge in [0.1, 0.15) is 0 Å². The van der Waals surface area contributed by atoms with Crippen molar-refractivity contribution in [3.63, 3.8) is 0 Å². The predicted molar refractivity (Wildman–Crippen MR) is 90.5 cm³/mol. The van der Waals surface area contributed by atoms with Crippen molar-refractivity contribution < 1.29 is 9.72 Å². The molecule has 9 nitrogen and oxygen atoms in total. The molecule has 2 rings (SSSR count). The van der Waals surface area contributed by atoms with Crippen molar-refractivity contribution in [1.29, 1.82) is 0 Å². The number of amides is 1. The number of hydrogen-bond acceptors (Lipinski definition) is 5. The van der Waals surface area contributed by atoms with E-state index < -0.39 is 4.92 Å². The Morgan fingerprint density at radius 2 is 2.12 bits per heavy atom. The predicted octanol–water partition coefficient (Wildman–Crippen LogP) is 1.96. The molecule has 0 radical (unpaired) electrons. The van der Waals surface area contributed by atoms with Gasteiger partial charge in [-0.05, 0) is 41.1 Å². The highest BCUT2D eigenvalue weighted by atomic mass is 79.9. The molecule has 1 amide bonds. The maximum absolute atomic E-state index is 11.8. The number of nitro groups is 1. The quantitative estimate of drug-likeness (QED) is 0.415. The second-order valence-corrected chi connectivity index (χ2v) is 6.26. The Morgan fingerprint density at radius 1 is 1.38 bits per heavy atom. The number of nitrogens with zero attached hydrogens (tertiary/aromatic N) is 5. The number of nitrogens with one attached hydrogen (secondary N) is 1. The van der Waals surface area contributed by atoms with Gasteiger partial charge in [0.05, 0.1) is 33.6 Å². The molecule has 0 saturated heterocycles. The number of aryl methyl sites for hydroxylation is 4. The minimum atomic E-state index is -0.543. The zero-order valence-electron chi connectivity index (χ0n) is 13.5. The number of hydrogen-bond donors (Lipinski definition) is 1. The second-order valence-electron chi connectivity index (χ2n) is 5.40. The first-order chi connectivity index (χ1) is 11.4. The first kappa shape index (κ1) is 18.1. The third-order valence-corrected chi connectivity index (χ3v) is 4.26. The molecule has 0 aliphatic carbocycles. The van der Waals surface area contributed by atoms with E-state index in [1.165, 1.54) is 10.7 Å². The summed E-state index contributed by atoms with van der Waals surface area (Å²) in [6, 6.07) is 1.39. The van der Waals surface area contributed by atoms with Crippen LogP contribution in [0, 0.1) is 24.0 Å². The fraction of sp³-hybridized carbons (Fsp3) is 0.500. The van der Waals surface area contributed by atoms with Crippen LogP contribution in [0.2, 0.25) is 0 Å². The van der Waals surface area contributed by atoms with Gasteiger partial charge in [0.25, 0.3) is 0 Å². The molecule has 1 N–H and O–H groups in total. The molecule has 24 heavy (non-hydrogen) atoms. The van der Waals surface area contributed by atoms with E-state index in [0.29, 0.717) is 18.8 Å². The van der Waals surface area contributed by atoms with Crippen LogP contribution in [0.15, 0.2) is 16.7 Å². The van der Waals surface area contributed by atoms with Crippen molar-refractivity contribution >= 4 is 27.7 Å². The Bertz CT molecular complexity index is 719. The van der Waals surface area contributed by atoms with Gasteiger partial charge in [-0.25, -0.2) is 0 Å². The third kappa shape index (κ3) is 4.88. The van der Waals surface area contributed by atoms with Crippen LogP contribution in [0.1, 0.15) is 24.2 Å². The van der Waals surface area contributed by atoms with Crippen molar-refractivity contribution in [2.24, 2.45) is 0 Å². The molecule has 0 aliphatic heterocycles. The molecule has 2 aromatic heterocycles. The Hall–Kier alpha value is -2.23. The molecule has 0 aliphatic rings. The van der Waals surface area contributed by atoms with E-state index >= 15 is 0 Å². The molecule has 0 aromatic carbocycles. The molecule has 130 valence electrons. The lowest BCUT2D eigenvalue weighted by Crippen LogP contribution is -2.26. The van der Waals surface area contributed by atoms with E-state index in [1.807, 2.05) is 17.8 Å². The molecular formula is C14H19BrN6O3. The van der Waals surface area contributed by atoms with Crippen molar-refractivity contribution in [2.75, 3.05) is 6.54 Å². The van der Waals surface area contributed by atoms with Gasteiger partial charge in [0, 0.05) is 25.7 Å². The van der Waals surface area contributed by atoms with Gasteiger partial charge in [-0.1, -0.05) is 0 Å². The lowest BCUT2D eigenvalue weighted by molar-refractivity contribution is -0.389. The number of halogens is 1. The van der Waals surface area contributed by atoms with Crippen molar-refractivity contribution in [3.8, 4) is 0 Å². The minimum absolute atomic E-state index is 0.106. The largest absolute Gasteiger partial charge is 0.390 e. The molecule has 0 bridgehead atoms. The minimum Gasteiger partial charge on any atom is -0.358 e. The van der Waals surface area contributed by atoms with Gasteiger partial charge >= 0.3 is 5.82 Å². The van der Waals surface area contributed by atoms with Gasteiger partial charge in [-0.3, -0.25) is 9.48 Å². The summed E-state index contributed by atoms with van der Waals surface area (Å²) in [5, 5.41) is 21.7. The molecule has 2 aromatic rings. The van der Waals surface area contributed by atoms with Gasteiger partial charge in [-0.2, -0.15) is 9.78 Å². The highest BCUT2D eigenvalue weighted by Crippen LogP contribution is 2.13. The van der Waals surface area contributed by atoms with Crippen molar-refractivity contribution in [2.45, 2.75) is 39.8 Å². The summed E-state index contributed by atoms with van der Waals surface area (Å²) < 4.78 is 4.27. The van der Waals surface area contributed by atoms with Crippen LogP contribution in [0.4, 0.5) is 5.82 Å². The fourth-order valence-electron chi connectivity index (χ4n) is 2.18. The maximum Gasteiger partial charge on any atom is 0.390 e. The summed E-state index contributed by atoms with van der Waals surface area (Å²) >= 11 is 3.40. The molecule has 10 heteroatoms. The average molecular weight is 399 g/mol. The summed E-state index contributed by atoms with van der Waals surface area (Å²) in [7, 11) is 0. The number of carbonyl (C=O) groups is 1. The van der Waals surface area contributed by atoms with E-state index in [0.717, 1.165) is 23.1 Å². The van der Waals surface area contributed by atoms with Crippen LogP contribution in [0.25, 0.3) is 0 Å². The van der Waals surface area contributed by atoms with Gasteiger partial charge in [-0.15, -0.1) is 0 Å². The van der Waals surface area contributed by atoms with Crippen LogP contribution in [-0.4, -0.2) is 36.9 Å². The van der Waals surface area contributed by atoms with E-state index in [-0.39, 0.29) is 18.1 Å². The summed E-state index contributed by atoms with van der Waals surface area (Å²) in [6.07, 6.45) is 2.90. The molecular weight excluding hydrogens is 380 g/mol. The van der Waals surface area contributed by atoms with E-state index in [9.17, 15) is 14.9 Å². The number of rotatable bonds is 8. The summed E-state index contributed by atoms with van der Waals surface area (Å²) in [5.74, 6) is -0.307. The molecule has 0 unspecified atom stereocenters. The second kappa shape index (κ2) is 8.04. The highest BCUT2D eigenvalue weighted by Gasteiger charge is 2.15. The maximum atomic E-state index is 11.8. The smallest absolute Gasteiger partial charge is 0.358 e. The normalized spacial score (nSPS) is 10.8. The van der Waals surface area contributed by atoms with Gasteiger partial charge in [0.2, 0.25) is 5.91 Å². The Morgan fingerprint density at radius 3 is 2.71 bits per heavy atom. The van der Waals surface area contributed by atoms with E-state index in [1.54, 1.807) is 6.92 Å². The lowest BCUT2D eigenvalue weighted by Gasteiger charge is -2.05. The molecule has 0 spiro atoms. The van der Waals surface area contributed by atoms with Crippen LogP contribution in [0.3, 0.4) is 0 Å². The van der Waals surface area contributed by atoms with Crippen LogP contribution in [0.5, 0.6) is 0 Å². The summed E-state index contributed by atoms with van der Waals surface area (Å²) in [4.78, 5) is 21.9. The van der Waals surface area contributed by atoms with E-state index in [2.05, 4.69) is 31.4 Å². The fourth-order valence-corrected chi connectivity index (χ4v) is 2.50. The first-order valence-electron chi connectivity index (χ1n) is 7.52. The average Bonchev–Trinajstić information content (AvgIpc) is 3.05. The molecule has 0 fully saturated rings. The van der Waals surface area contributed by atoms with Crippen LogP contribution in [-0.2, 0) is 17.9 Å². The van der Waals surface area contributed by atoms with Crippen molar-refractivity contribution in [3.05, 3.63) is 38.2 Å². The zero-order chi connectivity index (χ0) is 17.7. The number of aromatic nitrogens is 4. The van der Waals surface area contributed by atoms with Crippen LogP contribution < -0.4 is 5.32 Å². The number of carbonyl (C=O) groups excluding carboxylic acids is 1. The Balaban J connectivity index is 1.69. The summed E-state index contributed by atoms with van der Waals surface area (Å²) in [5.41, 5.74) is 1.59. The molecule has 0 saturated carbocycles. The molecule has 0 atom stereocenters. The van der Waals surface area contributed by atoms with Gasteiger partial charge < -0.3 is 15.4 Å². The summed E-state index contributed by atoms with van der Waals surface area (Å²) in [6.45, 7) is 5.23.